The van der Waals surface area contributed by atoms with Crippen LogP contribution in [0.1, 0.15) is 60.8 Å². The van der Waals surface area contributed by atoms with Crippen LogP contribution in [0.15, 0.2) is 0 Å². The van der Waals surface area contributed by atoms with Crippen LogP contribution in [-0.2, 0) is 23.8 Å². The van der Waals surface area contributed by atoms with E-state index in [1.54, 1.807) is 20.8 Å². The van der Waals surface area contributed by atoms with E-state index in [0.29, 0.717) is 19.3 Å². The summed E-state index contributed by atoms with van der Waals surface area (Å²) in [6.07, 6.45) is 1.16. The topological polar surface area (TPSA) is 82.1 Å². The van der Waals surface area contributed by atoms with Gasteiger partial charge in [0, 0.05) is 6.04 Å². The number of carbonyl (C=O) groups excluding carboxylic acids is 3. The molecule has 0 aromatic carbocycles. The highest BCUT2D eigenvalue weighted by Crippen LogP contribution is 2.36. The number of ether oxygens (including phenoxy) is 3. The van der Waals surface area contributed by atoms with Crippen LogP contribution in [0.25, 0.3) is 0 Å². The lowest BCUT2D eigenvalue weighted by atomic mass is 9.87. The fourth-order valence-corrected chi connectivity index (χ4v) is 3.70. The first-order chi connectivity index (χ1) is 12.4. The fraction of sp³-hybridized carbons (Fsp3) is 0.850. The van der Waals surface area contributed by atoms with Crippen LogP contribution in [-0.4, -0.2) is 54.8 Å². The van der Waals surface area contributed by atoms with Crippen LogP contribution in [0, 0.1) is 17.8 Å². The summed E-state index contributed by atoms with van der Waals surface area (Å²) in [6.45, 7) is 11.3. The average Bonchev–Trinajstić information content (AvgIpc) is 2.89. The lowest BCUT2D eigenvalue weighted by molar-refractivity contribution is -0.148. The Morgan fingerprint density at radius 3 is 2.15 bits per heavy atom. The molecular formula is C20H35NO6. The summed E-state index contributed by atoms with van der Waals surface area (Å²) >= 11 is 0. The van der Waals surface area contributed by atoms with E-state index < -0.39 is 23.7 Å². The molecule has 0 aromatic rings. The van der Waals surface area contributed by atoms with E-state index in [1.807, 2.05) is 20.8 Å². The summed E-state index contributed by atoms with van der Waals surface area (Å²) in [5.41, 5.74) is -0.666. The van der Waals surface area contributed by atoms with Crippen LogP contribution in [0.5, 0.6) is 0 Å². The van der Waals surface area contributed by atoms with Crippen LogP contribution < -0.4 is 0 Å². The second-order valence-electron chi connectivity index (χ2n) is 8.66. The van der Waals surface area contributed by atoms with E-state index in [-0.39, 0.29) is 29.8 Å². The second-order valence-corrected chi connectivity index (χ2v) is 8.66. The Balaban J connectivity index is 3.03. The van der Waals surface area contributed by atoms with Crippen LogP contribution in [0.2, 0.25) is 0 Å². The maximum Gasteiger partial charge on any atom is 0.411 e. The molecule has 0 saturated carbocycles. The summed E-state index contributed by atoms with van der Waals surface area (Å²) in [6, 6.07) is -0.865. The maximum atomic E-state index is 12.8. The first kappa shape index (κ1) is 23.2. The van der Waals surface area contributed by atoms with Gasteiger partial charge in [0.1, 0.15) is 11.6 Å². The van der Waals surface area contributed by atoms with Gasteiger partial charge in [0.2, 0.25) is 0 Å². The second kappa shape index (κ2) is 9.42. The molecule has 1 aliphatic rings. The minimum atomic E-state index is -0.666. The highest BCUT2D eigenvalue weighted by molar-refractivity contribution is 5.82. The number of nitrogens with zero attached hydrogens (tertiary/aromatic N) is 1. The SMILES string of the molecule is COC(=O)C(CC[C@@H]1[C@H](C)C[C@@H](C(=O)OC)N1C(=O)OC(C)(C)C)C(C)C. The Morgan fingerprint density at radius 1 is 1.11 bits per heavy atom. The lowest BCUT2D eigenvalue weighted by Crippen LogP contribution is -2.48. The number of rotatable bonds is 6. The molecule has 7 heteroatoms. The highest BCUT2D eigenvalue weighted by Gasteiger charge is 2.47. The van der Waals surface area contributed by atoms with Crippen molar-refractivity contribution >= 4 is 18.0 Å². The molecule has 1 saturated heterocycles. The third-order valence-electron chi connectivity index (χ3n) is 5.10. The van der Waals surface area contributed by atoms with Crippen molar-refractivity contribution in [1.82, 2.24) is 4.90 Å². The van der Waals surface area contributed by atoms with Gasteiger partial charge in [0.25, 0.3) is 0 Å². The van der Waals surface area contributed by atoms with E-state index in [0.717, 1.165) is 0 Å². The molecular weight excluding hydrogens is 350 g/mol. The molecule has 0 spiro atoms. The van der Waals surface area contributed by atoms with E-state index >= 15 is 0 Å². The van der Waals surface area contributed by atoms with E-state index in [2.05, 4.69) is 0 Å². The number of carbonyl (C=O) groups is 3. The Hall–Kier alpha value is -1.79. The minimum Gasteiger partial charge on any atom is -0.469 e. The highest BCUT2D eigenvalue weighted by atomic mass is 16.6. The van der Waals surface area contributed by atoms with Crippen LogP contribution >= 0.6 is 0 Å². The molecule has 4 atom stereocenters. The number of hydrogen-bond acceptors (Lipinski definition) is 6. The van der Waals surface area contributed by atoms with Gasteiger partial charge in [-0.1, -0.05) is 20.8 Å². The Labute approximate surface area is 162 Å². The number of hydrogen-bond donors (Lipinski definition) is 0. The summed E-state index contributed by atoms with van der Waals surface area (Å²) < 4.78 is 15.3. The van der Waals surface area contributed by atoms with Crippen molar-refractivity contribution in [3.05, 3.63) is 0 Å². The molecule has 0 N–H and O–H groups in total. The zero-order valence-electron chi connectivity index (χ0n) is 17.9. The van der Waals surface area contributed by atoms with Gasteiger partial charge in [-0.2, -0.15) is 0 Å². The summed E-state index contributed by atoms with van der Waals surface area (Å²) in [4.78, 5) is 38.6. The average molecular weight is 386 g/mol. The van der Waals surface area contributed by atoms with Gasteiger partial charge in [-0.05, 0) is 51.9 Å². The van der Waals surface area contributed by atoms with Crippen molar-refractivity contribution in [2.75, 3.05) is 14.2 Å². The van der Waals surface area contributed by atoms with E-state index in [9.17, 15) is 14.4 Å². The molecule has 0 bridgehead atoms. The van der Waals surface area contributed by atoms with Crippen LogP contribution in [0.3, 0.4) is 0 Å². The zero-order valence-corrected chi connectivity index (χ0v) is 17.9. The molecule has 0 aromatic heterocycles. The van der Waals surface area contributed by atoms with Crippen molar-refractivity contribution in [3.63, 3.8) is 0 Å². The molecule has 27 heavy (non-hydrogen) atoms. The molecule has 1 rings (SSSR count). The lowest BCUT2D eigenvalue weighted by Gasteiger charge is -2.33. The van der Waals surface area contributed by atoms with Gasteiger partial charge < -0.3 is 14.2 Å². The standard InChI is InChI=1S/C20H35NO6/c1-12(2)14(17(22)25-7)9-10-15-13(3)11-16(18(23)26-8)21(15)19(24)27-20(4,5)6/h12-16H,9-11H2,1-8H3/t13-,14?,15-,16+/m1/s1. The zero-order chi connectivity index (χ0) is 20.9. The van der Waals surface area contributed by atoms with Crippen molar-refractivity contribution in [2.45, 2.75) is 78.5 Å². The van der Waals surface area contributed by atoms with Crippen molar-refractivity contribution in [3.8, 4) is 0 Å². The summed E-state index contributed by atoms with van der Waals surface area (Å²) in [5, 5.41) is 0. The van der Waals surface area contributed by atoms with Crippen molar-refractivity contribution < 1.29 is 28.6 Å². The third kappa shape index (κ3) is 6.11. The first-order valence-electron chi connectivity index (χ1n) is 9.59. The fourth-order valence-electron chi connectivity index (χ4n) is 3.70. The number of likely N-dealkylation sites (tertiary alicyclic amines) is 1. The predicted octanol–water partition coefficient (Wildman–Crippen LogP) is 3.40. The number of amides is 1. The summed E-state index contributed by atoms with van der Waals surface area (Å²) in [7, 11) is 2.70. The molecule has 0 aliphatic carbocycles. The summed E-state index contributed by atoms with van der Waals surface area (Å²) in [5.74, 6) is -0.722. The molecule has 1 heterocycles. The van der Waals surface area contributed by atoms with Crippen LogP contribution in [0.4, 0.5) is 4.79 Å². The molecule has 7 nitrogen and oxygen atoms in total. The van der Waals surface area contributed by atoms with Crippen molar-refractivity contribution in [2.24, 2.45) is 17.8 Å². The molecule has 1 fully saturated rings. The largest absolute Gasteiger partial charge is 0.469 e. The molecule has 156 valence electrons. The molecule has 0 radical (unpaired) electrons. The molecule has 1 aliphatic heterocycles. The molecule has 1 amide bonds. The van der Waals surface area contributed by atoms with Gasteiger partial charge in [-0.25, -0.2) is 9.59 Å². The smallest absolute Gasteiger partial charge is 0.411 e. The Kier molecular flexibility index (Phi) is 8.11. The van der Waals surface area contributed by atoms with Gasteiger partial charge in [0.05, 0.1) is 20.1 Å². The third-order valence-corrected chi connectivity index (χ3v) is 5.10. The number of esters is 2. The van der Waals surface area contributed by atoms with Gasteiger partial charge in [0.15, 0.2) is 0 Å². The predicted molar refractivity (Wildman–Crippen MR) is 101 cm³/mol. The van der Waals surface area contributed by atoms with Gasteiger partial charge in [-0.15, -0.1) is 0 Å². The van der Waals surface area contributed by atoms with E-state index in [1.165, 1.54) is 19.1 Å². The van der Waals surface area contributed by atoms with Gasteiger partial charge in [-0.3, -0.25) is 9.69 Å². The van der Waals surface area contributed by atoms with E-state index in [4.69, 9.17) is 14.2 Å². The normalized spacial score (nSPS) is 23.9. The number of methoxy groups -OCH3 is 2. The minimum absolute atomic E-state index is 0.0899. The quantitative estimate of drug-likeness (QED) is 0.515. The Bertz CT molecular complexity index is 539. The Morgan fingerprint density at radius 2 is 1.70 bits per heavy atom. The van der Waals surface area contributed by atoms with Gasteiger partial charge >= 0.3 is 18.0 Å². The first-order valence-corrected chi connectivity index (χ1v) is 9.59. The molecule has 1 unspecified atom stereocenters. The maximum absolute atomic E-state index is 12.8. The monoisotopic (exact) mass is 385 g/mol. The van der Waals surface area contributed by atoms with Crippen molar-refractivity contribution in [1.29, 1.82) is 0 Å².